The third-order valence-corrected chi connectivity index (χ3v) is 4.49. The molecular weight excluding hydrogens is 268 g/mol. The smallest absolute Gasteiger partial charge is 0.0927 e. The van der Waals surface area contributed by atoms with E-state index in [2.05, 4.69) is 66.9 Å². The van der Waals surface area contributed by atoms with Crippen LogP contribution < -0.4 is 0 Å². The summed E-state index contributed by atoms with van der Waals surface area (Å²) in [7, 11) is 0. The van der Waals surface area contributed by atoms with Crippen LogP contribution in [-0.4, -0.2) is 9.78 Å². The highest BCUT2D eigenvalue weighted by atomic mass is 15.3. The molecule has 1 heterocycles. The highest BCUT2D eigenvalue weighted by Crippen LogP contribution is 2.39. The lowest BCUT2D eigenvalue weighted by atomic mass is 10.1. The molecule has 0 N–H and O–H groups in total. The van der Waals surface area contributed by atoms with E-state index in [0.717, 1.165) is 11.9 Å². The minimum absolute atomic E-state index is 0.984. The minimum atomic E-state index is 0.984. The fourth-order valence-corrected chi connectivity index (χ4v) is 3.44. The lowest BCUT2D eigenvalue weighted by molar-refractivity contribution is 0.884. The van der Waals surface area contributed by atoms with Crippen molar-refractivity contribution >= 4 is 10.9 Å². The Morgan fingerprint density at radius 1 is 0.773 bits per heavy atom. The van der Waals surface area contributed by atoms with E-state index in [1.807, 2.05) is 10.7 Å². The van der Waals surface area contributed by atoms with Gasteiger partial charge in [0.05, 0.1) is 11.2 Å². The van der Waals surface area contributed by atoms with Crippen LogP contribution in [0.25, 0.3) is 27.7 Å². The van der Waals surface area contributed by atoms with Crippen LogP contribution in [0.2, 0.25) is 0 Å². The van der Waals surface area contributed by atoms with Gasteiger partial charge in [-0.05, 0) is 34.4 Å². The number of rotatable bonds is 1. The summed E-state index contributed by atoms with van der Waals surface area (Å²) in [4.78, 5) is 0. The van der Waals surface area contributed by atoms with Gasteiger partial charge in [-0.3, -0.25) is 0 Å². The second-order valence-electron chi connectivity index (χ2n) is 5.77. The van der Waals surface area contributed by atoms with Crippen LogP contribution in [0.15, 0.2) is 72.9 Å². The van der Waals surface area contributed by atoms with E-state index in [-0.39, 0.29) is 0 Å². The number of benzene rings is 3. The largest absolute Gasteiger partial charge is 0.239 e. The third-order valence-electron chi connectivity index (χ3n) is 4.49. The molecule has 0 saturated carbocycles. The number of hydrogen-bond acceptors (Lipinski definition) is 1. The average molecular weight is 282 g/mol. The van der Waals surface area contributed by atoms with Gasteiger partial charge in [-0.25, -0.2) is 4.68 Å². The molecule has 104 valence electrons. The molecule has 1 aromatic heterocycles. The molecule has 1 aliphatic rings. The van der Waals surface area contributed by atoms with Gasteiger partial charge in [-0.1, -0.05) is 54.6 Å². The minimum Gasteiger partial charge on any atom is -0.239 e. The van der Waals surface area contributed by atoms with Crippen molar-refractivity contribution in [2.45, 2.75) is 6.42 Å². The molecule has 3 aromatic carbocycles. The third kappa shape index (κ3) is 1.58. The first-order valence-electron chi connectivity index (χ1n) is 7.55. The first kappa shape index (κ1) is 11.8. The van der Waals surface area contributed by atoms with Crippen molar-refractivity contribution < 1.29 is 0 Å². The van der Waals surface area contributed by atoms with E-state index >= 15 is 0 Å². The summed E-state index contributed by atoms with van der Waals surface area (Å²) in [6.45, 7) is 0. The molecule has 2 nitrogen and oxygen atoms in total. The molecule has 0 atom stereocenters. The summed E-state index contributed by atoms with van der Waals surface area (Å²) >= 11 is 0. The molecule has 0 bridgehead atoms. The normalized spacial score (nSPS) is 12.4. The summed E-state index contributed by atoms with van der Waals surface area (Å²) in [6.07, 6.45) is 3.10. The zero-order chi connectivity index (χ0) is 14.5. The molecule has 0 radical (unpaired) electrons. The van der Waals surface area contributed by atoms with Gasteiger partial charge in [0.15, 0.2) is 0 Å². The topological polar surface area (TPSA) is 17.8 Å². The van der Waals surface area contributed by atoms with Crippen LogP contribution in [0, 0.1) is 0 Å². The van der Waals surface area contributed by atoms with Crippen molar-refractivity contribution in [2.75, 3.05) is 0 Å². The quantitative estimate of drug-likeness (QED) is 0.439. The molecule has 0 saturated heterocycles. The van der Waals surface area contributed by atoms with Crippen molar-refractivity contribution in [1.82, 2.24) is 9.78 Å². The van der Waals surface area contributed by atoms with Crippen molar-refractivity contribution in [3.8, 4) is 16.8 Å². The maximum absolute atomic E-state index is 4.74. The predicted octanol–water partition coefficient (Wildman–Crippen LogP) is 4.60. The van der Waals surface area contributed by atoms with E-state index in [1.165, 1.54) is 33.3 Å². The van der Waals surface area contributed by atoms with Crippen LogP contribution in [0.5, 0.6) is 0 Å². The Bertz CT molecular complexity index is 978. The highest BCUT2D eigenvalue weighted by molar-refractivity contribution is 5.82. The molecule has 2 heteroatoms. The lowest BCUT2D eigenvalue weighted by Gasteiger charge is -2.08. The monoisotopic (exact) mass is 282 g/mol. The van der Waals surface area contributed by atoms with Gasteiger partial charge >= 0.3 is 0 Å². The number of fused-ring (bicyclic) bond motifs is 4. The van der Waals surface area contributed by atoms with Crippen LogP contribution in [0.4, 0.5) is 0 Å². The van der Waals surface area contributed by atoms with Gasteiger partial charge in [0.1, 0.15) is 0 Å². The molecule has 0 spiro atoms. The van der Waals surface area contributed by atoms with Crippen LogP contribution >= 0.6 is 0 Å². The molecule has 4 aromatic rings. The van der Waals surface area contributed by atoms with E-state index in [9.17, 15) is 0 Å². The zero-order valence-corrected chi connectivity index (χ0v) is 12.0. The first-order chi connectivity index (χ1) is 10.9. The van der Waals surface area contributed by atoms with Crippen molar-refractivity contribution in [1.29, 1.82) is 0 Å². The second-order valence-corrected chi connectivity index (χ2v) is 5.77. The van der Waals surface area contributed by atoms with E-state index < -0.39 is 0 Å². The highest BCUT2D eigenvalue weighted by Gasteiger charge is 2.21. The van der Waals surface area contributed by atoms with Crippen LogP contribution in [-0.2, 0) is 6.42 Å². The van der Waals surface area contributed by atoms with Crippen LogP contribution in [0.1, 0.15) is 11.1 Å². The van der Waals surface area contributed by atoms with Crippen molar-refractivity contribution in [3.63, 3.8) is 0 Å². The summed E-state index contributed by atoms with van der Waals surface area (Å²) in [5.41, 5.74) is 7.70. The Morgan fingerprint density at radius 2 is 1.59 bits per heavy atom. The molecule has 0 fully saturated rings. The van der Waals surface area contributed by atoms with Gasteiger partial charge in [-0.2, -0.15) is 5.10 Å². The molecular formula is C20H14N2. The summed E-state index contributed by atoms with van der Waals surface area (Å²) in [6, 6.07) is 23.4. The van der Waals surface area contributed by atoms with Crippen LogP contribution in [0.3, 0.4) is 0 Å². The zero-order valence-electron chi connectivity index (χ0n) is 12.0. The molecule has 0 unspecified atom stereocenters. The van der Waals surface area contributed by atoms with Gasteiger partial charge < -0.3 is 0 Å². The average Bonchev–Trinajstić information content (AvgIpc) is 3.15. The van der Waals surface area contributed by atoms with Gasteiger partial charge in [-0.15, -0.1) is 0 Å². The molecule has 5 rings (SSSR count). The van der Waals surface area contributed by atoms with Gasteiger partial charge in [0, 0.05) is 18.0 Å². The Kier molecular flexibility index (Phi) is 2.30. The molecule has 1 aliphatic carbocycles. The summed E-state index contributed by atoms with van der Waals surface area (Å²) < 4.78 is 2.02. The standard InChI is InChI=1S/C20H14N2/c1-3-8-16-14(6-1)12-18-17(16)9-5-11-20(18)22-13-15-7-2-4-10-19(15)21-22/h1-11,13H,12H2. The van der Waals surface area contributed by atoms with E-state index in [1.54, 1.807) is 0 Å². The van der Waals surface area contributed by atoms with E-state index in [0.29, 0.717) is 0 Å². The Balaban J connectivity index is 1.74. The summed E-state index contributed by atoms with van der Waals surface area (Å²) in [5.74, 6) is 0. The Labute approximate surface area is 128 Å². The number of nitrogens with zero attached hydrogens (tertiary/aromatic N) is 2. The SMILES string of the molecule is c1ccc2c(c1)Cc1c-2cccc1-n1cc2ccccc2n1. The number of hydrogen-bond donors (Lipinski definition) is 0. The Morgan fingerprint density at radius 3 is 2.55 bits per heavy atom. The molecule has 22 heavy (non-hydrogen) atoms. The fourth-order valence-electron chi connectivity index (χ4n) is 3.44. The number of aromatic nitrogens is 2. The van der Waals surface area contributed by atoms with Gasteiger partial charge in [0.2, 0.25) is 0 Å². The van der Waals surface area contributed by atoms with E-state index in [4.69, 9.17) is 5.10 Å². The lowest BCUT2D eigenvalue weighted by Crippen LogP contribution is -1.99. The fraction of sp³-hybridized carbons (Fsp3) is 0.0500. The second kappa shape index (κ2) is 4.31. The maximum Gasteiger partial charge on any atom is 0.0927 e. The van der Waals surface area contributed by atoms with Crippen molar-refractivity contribution in [3.05, 3.63) is 84.1 Å². The predicted molar refractivity (Wildman–Crippen MR) is 89.3 cm³/mol. The first-order valence-corrected chi connectivity index (χ1v) is 7.55. The summed E-state index contributed by atoms with van der Waals surface area (Å²) in [5, 5.41) is 5.92. The van der Waals surface area contributed by atoms with Crippen molar-refractivity contribution in [2.24, 2.45) is 0 Å². The molecule has 0 amide bonds. The maximum atomic E-state index is 4.74. The Hall–Kier alpha value is -2.87. The van der Waals surface area contributed by atoms with Gasteiger partial charge in [0.25, 0.3) is 0 Å². The molecule has 0 aliphatic heterocycles.